The zero-order chi connectivity index (χ0) is 18.7. The molecule has 0 aromatic carbocycles. The van der Waals surface area contributed by atoms with Crippen LogP contribution < -0.4 is 0 Å². The van der Waals surface area contributed by atoms with Crippen molar-refractivity contribution in [3.63, 3.8) is 0 Å². The Hall–Kier alpha value is -1.54. The highest BCUT2D eigenvalue weighted by Crippen LogP contribution is 2.40. The molecule has 0 aliphatic rings. The van der Waals surface area contributed by atoms with Crippen LogP contribution in [0.5, 0.6) is 0 Å². The maximum atomic E-state index is 12.0. The number of carbonyl (C=O) groups is 1. The van der Waals surface area contributed by atoms with E-state index in [-0.39, 0.29) is 11.7 Å². The molecule has 0 fully saturated rings. The molecule has 0 N–H and O–H groups in total. The van der Waals surface area contributed by atoms with Crippen molar-refractivity contribution in [1.82, 2.24) is 4.98 Å². The van der Waals surface area contributed by atoms with E-state index in [2.05, 4.69) is 58.0 Å². The molecule has 1 rings (SSSR count). The molecule has 0 aliphatic heterocycles. The quantitative estimate of drug-likeness (QED) is 0.426. The molecule has 0 aliphatic carbocycles. The predicted octanol–water partition coefficient (Wildman–Crippen LogP) is 5.20. The number of hydrogen-bond acceptors (Lipinski definition) is 4. The molecule has 0 bridgehead atoms. The van der Waals surface area contributed by atoms with Crippen LogP contribution in [-0.2, 0) is 4.74 Å². The molecule has 134 valence electrons. The van der Waals surface area contributed by atoms with Crippen LogP contribution in [0.25, 0.3) is 0 Å². The van der Waals surface area contributed by atoms with Gasteiger partial charge in [-0.15, -0.1) is 5.54 Å². The number of aromatic nitrogens is 1. The molecule has 0 saturated heterocycles. The summed E-state index contributed by atoms with van der Waals surface area (Å²) in [6.45, 7) is 19.0. The number of ether oxygens (including phenoxy) is 1. The summed E-state index contributed by atoms with van der Waals surface area (Å²) in [6.07, 6.45) is 1.39. The van der Waals surface area contributed by atoms with Crippen LogP contribution in [0.2, 0.25) is 16.6 Å². The third-order valence-corrected chi connectivity index (χ3v) is 10.6. The zero-order valence-corrected chi connectivity index (χ0v) is 17.5. The van der Waals surface area contributed by atoms with Crippen molar-refractivity contribution in [3.05, 3.63) is 17.8 Å². The number of hydrogen-bond donors (Lipinski definition) is 0. The van der Waals surface area contributed by atoms with Gasteiger partial charge in [0.2, 0.25) is 5.76 Å². The van der Waals surface area contributed by atoms with Crippen molar-refractivity contribution in [3.8, 4) is 11.5 Å². The molecule has 1 aromatic heterocycles. The van der Waals surface area contributed by atoms with E-state index in [1.54, 1.807) is 0 Å². The third-order valence-electron chi connectivity index (χ3n) is 4.36. The fourth-order valence-corrected chi connectivity index (χ4v) is 8.54. The minimum Gasteiger partial charge on any atom is -0.454 e. The number of rotatable bonds is 4. The van der Waals surface area contributed by atoms with E-state index in [9.17, 15) is 4.79 Å². The van der Waals surface area contributed by atoms with Gasteiger partial charge in [0.05, 0.1) is 6.20 Å². The summed E-state index contributed by atoms with van der Waals surface area (Å²) >= 11 is 0. The van der Waals surface area contributed by atoms with Gasteiger partial charge in [-0.3, -0.25) is 0 Å². The highest BCUT2D eigenvalue weighted by molar-refractivity contribution is 6.90. The molecular formula is C19H31NO3Si. The van der Waals surface area contributed by atoms with Crippen LogP contribution in [-0.4, -0.2) is 24.6 Å². The van der Waals surface area contributed by atoms with E-state index >= 15 is 0 Å². The van der Waals surface area contributed by atoms with Crippen molar-refractivity contribution in [1.29, 1.82) is 0 Å². The number of esters is 1. The first-order valence-corrected chi connectivity index (χ1v) is 10.9. The number of nitrogens with zero attached hydrogens (tertiary/aromatic N) is 1. The van der Waals surface area contributed by atoms with Gasteiger partial charge in [-0.1, -0.05) is 41.5 Å². The lowest BCUT2D eigenvalue weighted by Crippen LogP contribution is -2.43. The van der Waals surface area contributed by atoms with Crippen LogP contribution in [0.15, 0.2) is 10.6 Å². The molecule has 4 nitrogen and oxygen atoms in total. The molecule has 0 atom stereocenters. The third kappa shape index (κ3) is 4.73. The molecule has 0 radical (unpaired) electrons. The fourth-order valence-electron chi connectivity index (χ4n) is 3.35. The highest BCUT2D eigenvalue weighted by atomic mass is 28.3. The van der Waals surface area contributed by atoms with Gasteiger partial charge in [0.15, 0.2) is 0 Å². The fraction of sp³-hybridized carbons (Fsp3) is 0.684. The maximum absolute atomic E-state index is 12.0. The zero-order valence-electron chi connectivity index (χ0n) is 16.5. The summed E-state index contributed by atoms with van der Waals surface area (Å²) in [6, 6.07) is 0. The topological polar surface area (TPSA) is 52.3 Å². The average Bonchev–Trinajstić information content (AvgIpc) is 2.85. The highest BCUT2D eigenvalue weighted by Gasteiger charge is 2.41. The van der Waals surface area contributed by atoms with Crippen LogP contribution in [0.3, 0.4) is 0 Å². The van der Waals surface area contributed by atoms with Gasteiger partial charge >= 0.3 is 5.97 Å². The lowest BCUT2D eigenvalue weighted by atomic mass is 10.2. The van der Waals surface area contributed by atoms with Crippen LogP contribution in [0.1, 0.15) is 78.8 Å². The second-order valence-electron chi connectivity index (χ2n) is 8.18. The lowest BCUT2D eigenvalue weighted by molar-refractivity contribution is 0.00355. The molecule has 1 heterocycles. The van der Waals surface area contributed by atoms with E-state index in [1.165, 1.54) is 6.20 Å². The van der Waals surface area contributed by atoms with Crippen LogP contribution in [0.4, 0.5) is 0 Å². The number of oxazole rings is 1. The van der Waals surface area contributed by atoms with Gasteiger partial charge in [-0.2, -0.15) is 0 Å². The molecule has 5 heteroatoms. The Morgan fingerprint density at radius 2 is 1.62 bits per heavy atom. The maximum Gasteiger partial charge on any atom is 0.376 e. The molecule has 24 heavy (non-hydrogen) atoms. The van der Waals surface area contributed by atoms with Crippen molar-refractivity contribution in [2.45, 2.75) is 84.5 Å². The van der Waals surface area contributed by atoms with E-state index in [0.717, 1.165) is 0 Å². The second kappa shape index (κ2) is 7.56. The molecule has 0 spiro atoms. The summed E-state index contributed by atoms with van der Waals surface area (Å²) in [5.74, 6) is 2.97. The summed E-state index contributed by atoms with van der Waals surface area (Å²) in [5, 5.41) is 0. The van der Waals surface area contributed by atoms with Gasteiger partial charge < -0.3 is 9.15 Å². The van der Waals surface area contributed by atoms with E-state index in [4.69, 9.17) is 9.15 Å². The minimum atomic E-state index is -1.84. The molecule has 0 amide bonds. The Morgan fingerprint density at radius 3 is 2.04 bits per heavy atom. The normalized spacial score (nSPS) is 12.5. The van der Waals surface area contributed by atoms with Crippen molar-refractivity contribution >= 4 is 14.0 Å². The first-order valence-electron chi connectivity index (χ1n) is 8.62. The minimum absolute atomic E-state index is 0.0973. The summed E-state index contributed by atoms with van der Waals surface area (Å²) in [7, 11) is -1.84. The number of carbonyl (C=O) groups excluding carboxylic acids is 1. The molecule has 0 saturated carbocycles. The predicted molar refractivity (Wildman–Crippen MR) is 99.6 cm³/mol. The van der Waals surface area contributed by atoms with Gasteiger partial charge in [0.1, 0.15) is 13.7 Å². The Balaban J connectivity index is 3.10. The van der Waals surface area contributed by atoms with Gasteiger partial charge in [0, 0.05) is 0 Å². The smallest absolute Gasteiger partial charge is 0.376 e. The molecular weight excluding hydrogens is 318 g/mol. The van der Waals surface area contributed by atoms with Crippen molar-refractivity contribution in [2.75, 3.05) is 0 Å². The first kappa shape index (κ1) is 20.5. The molecule has 1 aromatic rings. The average molecular weight is 350 g/mol. The summed E-state index contributed by atoms with van der Waals surface area (Å²) in [4.78, 5) is 16.1. The van der Waals surface area contributed by atoms with Crippen LogP contribution >= 0.6 is 0 Å². The Kier molecular flexibility index (Phi) is 6.46. The SMILES string of the molecule is CC(C)[Si](C#Cc1ncc(C(=O)OC(C)(C)C)o1)(C(C)C)C(C)C. The van der Waals surface area contributed by atoms with Crippen molar-refractivity contribution < 1.29 is 13.9 Å². The standard InChI is InChI=1S/C19H31NO3Si/c1-13(2)24(14(3)4,15(5)6)11-10-17-20-12-16(22-17)18(21)23-19(7,8)9/h12-15H,1-9H3. The van der Waals surface area contributed by atoms with E-state index in [0.29, 0.717) is 16.6 Å². The van der Waals surface area contributed by atoms with Crippen molar-refractivity contribution in [2.24, 2.45) is 0 Å². The largest absolute Gasteiger partial charge is 0.454 e. The van der Waals surface area contributed by atoms with Gasteiger partial charge in [0.25, 0.3) is 5.89 Å². The van der Waals surface area contributed by atoms with Gasteiger partial charge in [-0.25, -0.2) is 9.78 Å². The second-order valence-corrected chi connectivity index (χ2v) is 13.8. The summed E-state index contributed by atoms with van der Waals surface area (Å²) in [5.41, 5.74) is 4.56. The van der Waals surface area contributed by atoms with E-state index in [1.807, 2.05) is 20.8 Å². The lowest BCUT2D eigenvalue weighted by Gasteiger charge is -2.37. The summed E-state index contributed by atoms with van der Waals surface area (Å²) < 4.78 is 10.8. The monoisotopic (exact) mass is 349 g/mol. The van der Waals surface area contributed by atoms with Gasteiger partial charge in [-0.05, 0) is 43.3 Å². The first-order chi connectivity index (χ1) is 10.9. The Bertz CT molecular complexity index is 605. The molecule has 0 unspecified atom stereocenters. The Morgan fingerprint density at radius 1 is 1.12 bits per heavy atom. The van der Waals surface area contributed by atoms with E-state index < -0.39 is 19.6 Å². The Labute approximate surface area is 147 Å². The van der Waals surface area contributed by atoms with Crippen LogP contribution in [0, 0.1) is 11.5 Å².